The van der Waals surface area contributed by atoms with Crippen LogP contribution in [0.15, 0.2) is 12.7 Å². The molecule has 0 aromatic heterocycles. The first-order valence-electron chi connectivity index (χ1n) is 64.0. The summed E-state index contributed by atoms with van der Waals surface area (Å²) in [5.41, 5.74) is 3.20. The van der Waals surface area contributed by atoms with E-state index in [1.165, 1.54) is 236 Å². The van der Waals surface area contributed by atoms with Crippen LogP contribution in [0.1, 0.15) is 522 Å². The molecule has 878 valence electrons. The quantitative estimate of drug-likeness (QED) is 0.00744. The molecule has 14 aliphatic carbocycles. The molecule has 14 rings (SSSR count). The van der Waals surface area contributed by atoms with Crippen molar-refractivity contribution in [3.8, 4) is 0 Å². The molecule has 0 saturated heterocycles. The fourth-order valence-corrected chi connectivity index (χ4v) is 38.8. The van der Waals surface area contributed by atoms with E-state index >= 15 is 0 Å². The molecule has 14 saturated carbocycles. The van der Waals surface area contributed by atoms with Gasteiger partial charge in [-0.05, 0) is 457 Å². The predicted octanol–water partition coefficient (Wildman–Crippen LogP) is 35.8. The lowest BCUT2D eigenvalue weighted by atomic mass is 9.59. The number of Topliss-reactive ketones (excluding diaryl/α,β-unsaturated/α-hetero) is 1. The molecule has 5 N–H and O–H groups in total. The molecule has 14 aliphatic rings. The van der Waals surface area contributed by atoms with Gasteiger partial charge in [0.15, 0.2) is 16.6 Å². The van der Waals surface area contributed by atoms with Crippen molar-refractivity contribution in [2.45, 2.75) is 595 Å². The van der Waals surface area contributed by atoms with Crippen LogP contribution in [0, 0.1) is 180 Å². The van der Waals surface area contributed by atoms with Gasteiger partial charge < -0.3 is 48.6 Å². The van der Waals surface area contributed by atoms with E-state index in [0.29, 0.717) is 121 Å². The van der Waals surface area contributed by atoms with Gasteiger partial charge in [0.05, 0.1) is 36.6 Å². The van der Waals surface area contributed by atoms with Crippen LogP contribution in [0.25, 0.3) is 0 Å². The molecule has 0 aromatic carbocycles. The van der Waals surface area contributed by atoms with Crippen LogP contribution in [0.3, 0.4) is 0 Å². The molecule has 0 radical (unpaired) electrons. The van der Waals surface area contributed by atoms with Crippen LogP contribution in [0.4, 0.5) is 0 Å². The van der Waals surface area contributed by atoms with Gasteiger partial charge in [-0.2, -0.15) is 0 Å². The van der Waals surface area contributed by atoms with Gasteiger partial charge in [-0.25, -0.2) is 4.79 Å². The summed E-state index contributed by atoms with van der Waals surface area (Å²) in [4.78, 5) is 45.9. The average molecular weight is 2250 g/mol. The van der Waals surface area contributed by atoms with E-state index in [0.717, 1.165) is 197 Å². The van der Waals surface area contributed by atoms with Gasteiger partial charge in [0.1, 0.15) is 5.78 Å². The first-order valence-corrected chi connectivity index (χ1v) is 71.3. The van der Waals surface area contributed by atoms with Crippen LogP contribution in [-0.4, -0.2) is 133 Å². The number of rotatable bonds is 37. The lowest BCUT2D eigenvalue weighted by Gasteiger charge is -2.46. The minimum absolute atomic E-state index is 0.0110. The minimum Gasteiger partial charge on any atom is -0.463 e. The Balaban J connectivity index is 0.000000235. The monoisotopic (exact) mass is 2250 g/mol. The molecule has 14 fully saturated rings. The van der Waals surface area contributed by atoms with Crippen LogP contribution in [-0.2, 0) is 42.2 Å². The van der Waals surface area contributed by atoms with E-state index < -0.39 is 16.6 Å². The second-order valence-electron chi connectivity index (χ2n) is 59.5. The van der Waals surface area contributed by atoms with Gasteiger partial charge in [0.25, 0.3) is 0 Å². The number of ketones is 1. The number of fused-ring (bicyclic) bond motifs is 7. The second-order valence-corrected chi connectivity index (χ2v) is 70.0. The first-order chi connectivity index (χ1) is 70.1. The molecule has 14 nitrogen and oxygen atoms in total. The summed E-state index contributed by atoms with van der Waals surface area (Å²) in [6.45, 7) is 81.9. The third-order valence-electron chi connectivity index (χ3n) is 46.4. The van der Waals surface area contributed by atoms with E-state index in [-0.39, 0.29) is 54.5 Å². The van der Waals surface area contributed by atoms with Crippen molar-refractivity contribution >= 4 is 62.9 Å². The van der Waals surface area contributed by atoms with Crippen molar-refractivity contribution in [2.75, 3.05) is 30.9 Å². The molecule has 0 unspecified atom stereocenters. The topological polar surface area (TPSA) is 216 Å². The standard InChI is InChI=1S/C22H44O2Si.C22H42O2Si.C20H36O2.C19H34O3.C16H30O2.C14H25I.C14H26O.C6H10O2/c2*1-17(11-8-9-16-24-25(6,7)21(2,3)4)18-13-14-19-20(23)12-10-15-22(18,19)5;1-14(2)22-19(21)10-6-8-15(3)17-11-12-18-16(4)9-7-13-20(17,18)5;1-13(2)22-18(21)9-5-7-14(3)15-10-11-16-17(20)8-6-12-19(15,16)4;1-12(6-3-4-11-17)13-8-9-14-15(18)7-5-10-16(13,14)2;2*1-10-5-4-8-14(3)12(10)6-7-13(14)11(2)9-15;1-4-6(7)8-5(2)3/h17-20,23H,8-16H2,1-7H3;17-19H,8-16H2,1-7H3;14-18H,6-13H2,1-5H3;13-17,20H,5-12H2,1-4H3;12-15,17-18H,3-11H2,1-2H3;10-13H,4-9H2,1-3H3;10-13,15H,4-9H2,1-3H3;4-5H,1H2,2-3H3/t17-,18+,19-,20-,22+;17-,18+,19-,22+;15-,16-,17+,18-,20+;14-,15+,16-,17-,19+;12-,13+,14-,15-,16+;2*10-,11-,12-,13+,14-;/m0000000./s1. The van der Waals surface area contributed by atoms with Crippen LogP contribution >= 0.6 is 22.6 Å². The molecule has 0 spiro atoms. The third-order valence-corrected chi connectivity index (χ3v) is 56.9. The minimum atomic E-state index is -1.59. The normalized spacial score (nSPS) is 36.7. The van der Waals surface area contributed by atoms with Crippen molar-refractivity contribution in [1.82, 2.24) is 0 Å². The molecule has 0 aliphatic heterocycles. The van der Waals surface area contributed by atoms with Gasteiger partial charge >= 0.3 is 17.9 Å². The lowest BCUT2D eigenvalue weighted by Crippen LogP contribution is -2.41. The Hall–Kier alpha value is -1.30. The summed E-state index contributed by atoms with van der Waals surface area (Å²) in [6, 6.07) is 0. The fourth-order valence-electron chi connectivity index (χ4n) is 36.0. The van der Waals surface area contributed by atoms with Crippen molar-refractivity contribution < 1.29 is 67.8 Å². The number of ether oxygens (including phenoxy) is 3. The molecule has 17 heteroatoms. The van der Waals surface area contributed by atoms with E-state index in [9.17, 15) is 39.6 Å². The molecular weight excluding hydrogens is 2000 g/mol. The Labute approximate surface area is 942 Å². The summed E-state index contributed by atoms with van der Waals surface area (Å²) in [5, 5.41) is 49.8. The summed E-state index contributed by atoms with van der Waals surface area (Å²) >= 11 is 2.58. The van der Waals surface area contributed by atoms with E-state index in [1.807, 2.05) is 27.7 Å². The van der Waals surface area contributed by atoms with Gasteiger partial charge in [0, 0.05) is 62.1 Å². The first kappa shape index (κ1) is 136. The maximum atomic E-state index is 12.3. The van der Waals surface area contributed by atoms with Gasteiger partial charge in [-0.15, -0.1) is 0 Å². The van der Waals surface area contributed by atoms with Crippen molar-refractivity contribution in [1.29, 1.82) is 0 Å². The number of alkyl halides is 1. The average Bonchev–Trinajstić information content (AvgIpc) is 1.65. The highest BCUT2D eigenvalue weighted by atomic mass is 127. The van der Waals surface area contributed by atoms with E-state index in [2.05, 4.69) is 219 Å². The van der Waals surface area contributed by atoms with Gasteiger partial charge in [-0.1, -0.05) is 285 Å². The smallest absolute Gasteiger partial charge is 0.330 e. The van der Waals surface area contributed by atoms with E-state index in [1.54, 1.807) is 13.8 Å². The Morgan fingerprint density at radius 2 is 0.627 bits per heavy atom. The zero-order valence-electron chi connectivity index (χ0n) is 104. The summed E-state index contributed by atoms with van der Waals surface area (Å²) in [6.07, 6.45) is 62.5. The third kappa shape index (κ3) is 36.1. The molecule has 0 heterocycles. The van der Waals surface area contributed by atoms with Crippen molar-refractivity contribution in [2.24, 2.45) is 180 Å². The van der Waals surface area contributed by atoms with Crippen molar-refractivity contribution in [3.63, 3.8) is 0 Å². The van der Waals surface area contributed by atoms with E-state index in [4.69, 9.17) is 23.4 Å². The van der Waals surface area contributed by atoms with Crippen LogP contribution in [0.5, 0.6) is 0 Å². The lowest BCUT2D eigenvalue weighted by molar-refractivity contribution is -0.148. The Morgan fingerprint density at radius 1 is 0.360 bits per heavy atom. The zero-order valence-corrected chi connectivity index (χ0v) is 108. The van der Waals surface area contributed by atoms with Crippen LogP contribution in [0.2, 0.25) is 36.3 Å². The Bertz CT molecular complexity index is 3770. The molecule has 0 aromatic rings. The fraction of sp³-hybridized carbons (Fsp3) is 0.955. The molecule has 34 atom stereocenters. The molecule has 150 heavy (non-hydrogen) atoms. The highest BCUT2D eigenvalue weighted by Crippen LogP contribution is 2.66. The summed E-state index contributed by atoms with van der Waals surface area (Å²) < 4.78 is 29.1. The van der Waals surface area contributed by atoms with Gasteiger partial charge in [-0.3, -0.25) is 14.4 Å². The number of halogens is 1. The Morgan fingerprint density at radius 3 is 0.913 bits per heavy atom. The number of hydrogen-bond donors (Lipinski definition) is 5. The zero-order chi connectivity index (χ0) is 112. The van der Waals surface area contributed by atoms with Crippen LogP contribution < -0.4 is 0 Å². The summed E-state index contributed by atoms with van der Waals surface area (Å²) in [7, 11) is -3.17. The number of aliphatic hydroxyl groups is 5. The number of carbonyl (C=O) groups excluding carboxylic acids is 4. The van der Waals surface area contributed by atoms with Gasteiger partial charge in [0.2, 0.25) is 0 Å². The predicted molar refractivity (Wildman–Crippen MR) is 644 cm³/mol. The molecule has 0 bridgehead atoms. The van der Waals surface area contributed by atoms with Crippen molar-refractivity contribution in [3.05, 3.63) is 12.7 Å². The number of hydrogen-bond acceptors (Lipinski definition) is 14. The maximum Gasteiger partial charge on any atom is 0.330 e. The largest absolute Gasteiger partial charge is 0.463 e. The number of unbranched alkanes of at least 4 members (excludes halogenated alkanes) is 3. The molecule has 0 amide bonds. The number of carbonyl (C=O) groups is 4. The summed E-state index contributed by atoms with van der Waals surface area (Å²) in [5.74, 6) is 18.6. The Kier molecular flexibility index (Phi) is 55.4. The maximum absolute atomic E-state index is 12.3. The number of aliphatic hydroxyl groups excluding tert-OH is 5. The second kappa shape index (κ2) is 61.3. The highest BCUT2D eigenvalue weighted by Gasteiger charge is 2.59. The highest BCUT2D eigenvalue weighted by molar-refractivity contribution is 14.1. The SMILES string of the molecule is C=CC(=O)OC(C)C.CC(C)OC(=O)CCC[C@H](C)[C@H]1CC[C@H]2[C@@H](C)CCC[C@]12C.CC(C)OC(=O)CCC[C@H](C)[C@H]1CC[C@H]2[C@@H](O)CCC[C@]12C.C[C@@H](CCCCO)[C@H]1CC[C@H]2[C@@H](O)CCC[C@]12C.C[C@@H](CCCCO[Si](C)(C)C(C)(C)C)[C@H]1CC[C@H]2C(=O)CCC[C@]12C.C[C@@H](CCCCO[Si](C)(C)C(C)(C)C)[C@H]1CC[C@H]2[C@@H](O)CCC[C@]12C.C[C@@H](CI)[C@H]1CC[C@H]2[C@@H](C)CCC[C@]12C.C[C@@H](CO)[C@H]1CC[C@H]2[C@@H](C)CCC[C@]12C. The molecular formula is C133H247IO14Si2. The number of esters is 3.